The van der Waals surface area contributed by atoms with Crippen LogP contribution >= 0.6 is 11.6 Å². The number of phenols is 2. The molecule has 0 spiro atoms. The lowest BCUT2D eigenvalue weighted by molar-refractivity contribution is 0.432. The predicted octanol–water partition coefficient (Wildman–Crippen LogP) is 3.23. The summed E-state index contributed by atoms with van der Waals surface area (Å²) < 4.78 is 14.8. The third-order valence-corrected chi connectivity index (χ3v) is 3.14. The first kappa shape index (κ1) is 11.8. The van der Waals surface area contributed by atoms with E-state index in [4.69, 9.17) is 11.6 Å². The molecule has 2 N–H and O–H groups in total. The van der Waals surface area contributed by atoms with Crippen molar-refractivity contribution in [3.8, 4) is 17.2 Å². The molecule has 3 rings (SSSR count). The van der Waals surface area contributed by atoms with Crippen molar-refractivity contribution in [3.05, 3.63) is 47.4 Å². The first-order valence-corrected chi connectivity index (χ1v) is 5.80. The van der Waals surface area contributed by atoms with E-state index in [1.165, 1.54) is 35.1 Å². The number of aromatic hydroxyl groups is 2. The summed E-state index contributed by atoms with van der Waals surface area (Å²) in [6.07, 6.45) is 1.45. The van der Waals surface area contributed by atoms with Gasteiger partial charge < -0.3 is 10.2 Å². The molecule has 96 valence electrons. The van der Waals surface area contributed by atoms with Gasteiger partial charge in [0.25, 0.3) is 0 Å². The van der Waals surface area contributed by atoms with Gasteiger partial charge >= 0.3 is 0 Å². The molecule has 0 aliphatic rings. The van der Waals surface area contributed by atoms with Crippen molar-refractivity contribution in [1.82, 2.24) is 9.78 Å². The molecule has 0 saturated carbocycles. The van der Waals surface area contributed by atoms with Crippen LogP contribution in [0.1, 0.15) is 0 Å². The number of rotatable bonds is 1. The van der Waals surface area contributed by atoms with E-state index in [0.29, 0.717) is 21.6 Å². The summed E-state index contributed by atoms with van der Waals surface area (Å²) in [4.78, 5) is 0. The standard InChI is InChI=1S/C13H8ClFN2O2/c14-9-2-4-11(18)8-6-16-17(13(8)9)7-1-3-12(19)10(15)5-7/h1-6,18-19H. The zero-order chi connectivity index (χ0) is 13.6. The van der Waals surface area contributed by atoms with Crippen molar-refractivity contribution in [3.63, 3.8) is 0 Å². The van der Waals surface area contributed by atoms with E-state index < -0.39 is 11.6 Å². The zero-order valence-corrected chi connectivity index (χ0v) is 10.3. The third-order valence-electron chi connectivity index (χ3n) is 2.83. The highest BCUT2D eigenvalue weighted by Gasteiger charge is 2.13. The highest BCUT2D eigenvalue weighted by Crippen LogP contribution is 2.32. The quantitative estimate of drug-likeness (QED) is 0.718. The average Bonchev–Trinajstić information content (AvgIpc) is 2.83. The average molecular weight is 279 g/mol. The van der Waals surface area contributed by atoms with Crippen LogP contribution in [-0.2, 0) is 0 Å². The largest absolute Gasteiger partial charge is 0.507 e. The van der Waals surface area contributed by atoms with Crippen molar-refractivity contribution in [2.24, 2.45) is 0 Å². The summed E-state index contributed by atoms with van der Waals surface area (Å²) in [5.74, 6) is -1.14. The smallest absolute Gasteiger partial charge is 0.166 e. The Hall–Kier alpha value is -2.27. The summed E-state index contributed by atoms with van der Waals surface area (Å²) in [5.41, 5.74) is 0.879. The molecular weight excluding hydrogens is 271 g/mol. The second-order valence-electron chi connectivity index (χ2n) is 4.02. The molecular formula is C13H8ClFN2O2. The van der Waals surface area contributed by atoms with Gasteiger partial charge in [0.05, 0.1) is 27.8 Å². The molecule has 0 fully saturated rings. The minimum atomic E-state index is -0.752. The van der Waals surface area contributed by atoms with Gasteiger partial charge in [-0.2, -0.15) is 5.10 Å². The number of fused-ring (bicyclic) bond motifs is 1. The Morgan fingerprint density at radius 2 is 1.84 bits per heavy atom. The molecule has 0 aliphatic carbocycles. The van der Waals surface area contributed by atoms with Gasteiger partial charge in [-0.3, -0.25) is 0 Å². The summed E-state index contributed by atoms with van der Waals surface area (Å²) in [5, 5.41) is 23.9. The Morgan fingerprint density at radius 1 is 1.11 bits per heavy atom. The monoisotopic (exact) mass is 278 g/mol. The predicted molar refractivity (Wildman–Crippen MR) is 69.4 cm³/mol. The Morgan fingerprint density at radius 3 is 2.58 bits per heavy atom. The Balaban J connectivity index is 2.31. The van der Waals surface area contributed by atoms with Gasteiger partial charge in [-0.25, -0.2) is 9.07 Å². The van der Waals surface area contributed by atoms with E-state index in [9.17, 15) is 14.6 Å². The van der Waals surface area contributed by atoms with Crippen LogP contribution in [0.5, 0.6) is 11.5 Å². The molecule has 0 saturated heterocycles. The number of halogens is 2. The fourth-order valence-electron chi connectivity index (χ4n) is 1.91. The maximum atomic E-state index is 13.4. The molecule has 0 unspecified atom stereocenters. The van der Waals surface area contributed by atoms with Crippen molar-refractivity contribution in [2.75, 3.05) is 0 Å². The van der Waals surface area contributed by atoms with Gasteiger partial charge in [0.2, 0.25) is 0 Å². The lowest BCUT2D eigenvalue weighted by Gasteiger charge is -2.06. The first-order chi connectivity index (χ1) is 9.08. The zero-order valence-electron chi connectivity index (χ0n) is 9.51. The van der Waals surface area contributed by atoms with Crippen LogP contribution in [0.25, 0.3) is 16.6 Å². The van der Waals surface area contributed by atoms with E-state index in [2.05, 4.69) is 5.10 Å². The van der Waals surface area contributed by atoms with Gasteiger partial charge in [0, 0.05) is 6.07 Å². The number of hydrogen-bond donors (Lipinski definition) is 2. The van der Waals surface area contributed by atoms with Crippen LogP contribution in [0.4, 0.5) is 4.39 Å². The second-order valence-corrected chi connectivity index (χ2v) is 4.43. The number of benzene rings is 2. The minimum Gasteiger partial charge on any atom is -0.507 e. The summed E-state index contributed by atoms with van der Waals surface area (Å²) >= 11 is 6.08. The highest BCUT2D eigenvalue weighted by molar-refractivity contribution is 6.35. The molecule has 0 radical (unpaired) electrons. The van der Waals surface area contributed by atoms with Crippen LogP contribution in [0.2, 0.25) is 5.02 Å². The van der Waals surface area contributed by atoms with Crippen LogP contribution in [-0.4, -0.2) is 20.0 Å². The molecule has 3 aromatic rings. The Bertz CT molecular complexity index is 786. The number of phenolic OH excluding ortho intramolecular Hbond substituents is 2. The number of nitrogens with zero attached hydrogens (tertiary/aromatic N) is 2. The summed E-state index contributed by atoms with van der Waals surface area (Å²) in [6, 6.07) is 6.88. The van der Waals surface area contributed by atoms with E-state index >= 15 is 0 Å². The molecule has 0 atom stereocenters. The van der Waals surface area contributed by atoms with Gasteiger partial charge in [-0.1, -0.05) is 11.6 Å². The van der Waals surface area contributed by atoms with Crippen molar-refractivity contribution in [2.45, 2.75) is 0 Å². The normalized spacial score (nSPS) is 11.1. The van der Waals surface area contributed by atoms with E-state index in [1.807, 2.05) is 0 Å². The lowest BCUT2D eigenvalue weighted by atomic mass is 10.2. The van der Waals surface area contributed by atoms with E-state index in [-0.39, 0.29) is 5.75 Å². The molecule has 2 aromatic carbocycles. The van der Waals surface area contributed by atoms with Gasteiger partial charge in [-0.15, -0.1) is 0 Å². The molecule has 1 heterocycles. The Labute approximate surface area is 112 Å². The molecule has 4 nitrogen and oxygen atoms in total. The molecule has 19 heavy (non-hydrogen) atoms. The van der Waals surface area contributed by atoms with Gasteiger partial charge in [0.15, 0.2) is 11.6 Å². The van der Waals surface area contributed by atoms with Crippen molar-refractivity contribution >= 4 is 22.5 Å². The van der Waals surface area contributed by atoms with Crippen molar-refractivity contribution in [1.29, 1.82) is 0 Å². The Kier molecular flexibility index (Phi) is 2.57. The fraction of sp³-hybridized carbons (Fsp3) is 0. The number of hydrogen-bond acceptors (Lipinski definition) is 3. The van der Waals surface area contributed by atoms with Crippen LogP contribution in [0.15, 0.2) is 36.5 Å². The van der Waals surface area contributed by atoms with Gasteiger partial charge in [-0.05, 0) is 24.3 Å². The number of aromatic nitrogens is 2. The van der Waals surface area contributed by atoms with Crippen LogP contribution < -0.4 is 0 Å². The lowest BCUT2D eigenvalue weighted by Crippen LogP contribution is -1.97. The molecule has 1 aromatic heterocycles. The maximum absolute atomic E-state index is 13.4. The summed E-state index contributed by atoms with van der Waals surface area (Å²) in [7, 11) is 0. The summed E-state index contributed by atoms with van der Waals surface area (Å²) in [6.45, 7) is 0. The first-order valence-electron chi connectivity index (χ1n) is 5.42. The molecule has 0 amide bonds. The fourth-order valence-corrected chi connectivity index (χ4v) is 2.15. The van der Waals surface area contributed by atoms with Crippen LogP contribution in [0.3, 0.4) is 0 Å². The molecule has 0 aliphatic heterocycles. The van der Waals surface area contributed by atoms with E-state index in [1.54, 1.807) is 0 Å². The maximum Gasteiger partial charge on any atom is 0.166 e. The SMILES string of the molecule is Oc1ccc(-n2ncc3c(O)ccc(Cl)c32)cc1F. The van der Waals surface area contributed by atoms with Crippen LogP contribution in [0, 0.1) is 5.82 Å². The van der Waals surface area contributed by atoms with E-state index in [0.717, 1.165) is 6.07 Å². The molecule has 6 heteroatoms. The van der Waals surface area contributed by atoms with Crippen molar-refractivity contribution < 1.29 is 14.6 Å². The molecule has 0 bridgehead atoms. The minimum absolute atomic E-state index is 0.0462. The highest BCUT2D eigenvalue weighted by atomic mass is 35.5. The third kappa shape index (κ3) is 1.79. The second kappa shape index (κ2) is 4.13. The van der Waals surface area contributed by atoms with Gasteiger partial charge in [0.1, 0.15) is 5.75 Å². The topological polar surface area (TPSA) is 58.3 Å².